The summed E-state index contributed by atoms with van der Waals surface area (Å²) >= 11 is 18.5. The number of benzene rings is 2. The highest BCUT2D eigenvalue weighted by atomic mass is 35.5. The van der Waals surface area contributed by atoms with Gasteiger partial charge in [-0.25, -0.2) is 0 Å². The van der Waals surface area contributed by atoms with Crippen molar-refractivity contribution in [1.29, 1.82) is 0 Å². The van der Waals surface area contributed by atoms with Crippen molar-refractivity contribution in [1.82, 2.24) is 4.90 Å². The molecule has 0 N–H and O–H groups in total. The van der Waals surface area contributed by atoms with E-state index < -0.39 is 0 Å². The van der Waals surface area contributed by atoms with Crippen molar-refractivity contribution in [3.63, 3.8) is 0 Å². The number of likely N-dealkylation sites (N-methyl/N-ethyl adjacent to an activating group) is 1. The number of halogens is 2. The molecular weight excluding hydrogens is 437 g/mol. The molecule has 8 heteroatoms. The SMILES string of the molecule is CCN1C(=O)/C(=C\c2ccc(OCc3ccc(Cl)c(Cl)c3)c(OC)c2)SC1=S. The predicted molar refractivity (Wildman–Crippen MR) is 119 cm³/mol. The van der Waals surface area contributed by atoms with Crippen LogP contribution in [0.1, 0.15) is 18.1 Å². The number of ether oxygens (including phenoxy) is 2. The second-order valence-electron chi connectivity index (χ2n) is 5.87. The highest BCUT2D eigenvalue weighted by molar-refractivity contribution is 8.26. The maximum atomic E-state index is 12.4. The summed E-state index contributed by atoms with van der Waals surface area (Å²) in [7, 11) is 1.57. The summed E-state index contributed by atoms with van der Waals surface area (Å²) in [5.41, 5.74) is 1.72. The third kappa shape index (κ3) is 4.63. The van der Waals surface area contributed by atoms with Crippen LogP contribution in [0.25, 0.3) is 6.08 Å². The van der Waals surface area contributed by atoms with Crippen molar-refractivity contribution >= 4 is 63.5 Å². The zero-order chi connectivity index (χ0) is 20.3. The molecular formula is C20H17Cl2NO3S2. The Hall–Kier alpha value is -1.73. The Morgan fingerprint density at radius 3 is 2.57 bits per heavy atom. The van der Waals surface area contributed by atoms with Crippen molar-refractivity contribution in [3.05, 3.63) is 62.5 Å². The highest BCUT2D eigenvalue weighted by Gasteiger charge is 2.30. The smallest absolute Gasteiger partial charge is 0.266 e. The van der Waals surface area contributed by atoms with Crippen LogP contribution in [0.2, 0.25) is 10.0 Å². The normalized spacial score (nSPS) is 15.4. The van der Waals surface area contributed by atoms with E-state index in [-0.39, 0.29) is 5.91 Å². The van der Waals surface area contributed by atoms with Gasteiger partial charge >= 0.3 is 0 Å². The van der Waals surface area contributed by atoms with Gasteiger partial charge in [0, 0.05) is 6.54 Å². The standard InChI is InChI=1S/C20H17Cl2NO3S2/c1-3-23-19(24)18(28-20(23)27)10-12-5-7-16(17(9-12)25-2)26-11-13-4-6-14(21)15(22)8-13/h4-10H,3,11H2,1-2H3/b18-10+. The Kier molecular flexibility index (Phi) is 6.88. The molecule has 0 aromatic heterocycles. The molecule has 1 aliphatic heterocycles. The number of hydrogen-bond acceptors (Lipinski definition) is 5. The number of hydrogen-bond donors (Lipinski definition) is 0. The Morgan fingerprint density at radius 2 is 1.93 bits per heavy atom. The summed E-state index contributed by atoms with van der Waals surface area (Å²) in [4.78, 5) is 14.5. The average molecular weight is 454 g/mol. The molecule has 0 bridgehead atoms. The monoisotopic (exact) mass is 453 g/mol. The lowest BCUT2D eigenvalue weighted by Crippen LogP contribution is -2.27. The Balaban J connectivity index is 1.77. The topological polar surface area (TPSA) is 38.8 Å². The molecule has 0 aliphatic carbocycles. The molecule has 0 radical (unpaired) electrons. The van der Waals surface area contributed by atoms with Gasteiger partial charge in [-0.05, 0) is 48.4 Å². The molecule has 3 rings (SSSR count). The number of rotatable bonds is 6. The first-order valence-electron chi connectivity index (χ1n) is 8.43. The molecule has 1 saturated heterocycles. The summed E-state index contributed by atoms with van der Waals surface area (Å²) in [6, 6.07) is 10.8. The minimum absolute atomic E-state index is 0.0728. The lowest BCUT2D eigenvalue weighted by Gasteiger charge is -2.12. The molecule has 4 nitrogen and oxygen atoms in total. The van der Waals surface area contributed by atoms with Crippen LogP contribution in [-0.2, 0) is 11.4 Å². The van der Waals surface area contributed by atoms with Crippen LogP contribution in [-0.4, -0.2) is 28.8 Å². The van der Waals surface area contributed by atoms with Gasteiger partial charge in [-0.15, -0.1) is 0 Å². The number of thiocarbonyl (C=S) groups is 1. The first-order chi connectivity index (χ1) is 13.4. The van der Waals surface area contributed by atoms with Gasteiger partial charge in [0.25, 0.3) is 5.91 Å². The van der Waals surface area contributed by atoms with Gasteiger partial charge < -0.3 is 9.47 Å². The first-order valence-corrected chi connectivity index (χ1v) is 10.4. The summed E-state index contributed by atoms with van der Waals surface area (Å²) in [6.07, 6.45) is 1.81. The van der Waals surface area contributed by atoms with Crippen molar-refractivity contribution in [2.75, 3.05) is 13.7 Å². The number of thioether (sulfide) groups is 1. The van der Waals surface area contributed by atoms with E-state index in [0.29, 0.717) is 43.9 Å². The van der Waals surface area contributed by atoms with E-state index in [1.807, 2.05) is 31.2 Å². The van der Waals surface area contributed by atoms with Crippen molar-refractivity contribution in [2.45, 2.75) is 13.5 Å². The molecule has 2 aromatic rings. The van der Waals surface area contributed by atoms with Crippen LogP contribution in [0.5, 0.6) is 11.5 Å². The molecule has 0 saturated carbocycles. The highest BCUT2D eigenvalue weighted by Crippen LogP contribution is 2.35. The second-order valence-corrected chi connectivity index (χ2v) is 8.36. The Morgan fingerprint density at radius 1 is 1.14 bits per heavy atom. The fourth-order valence-electron chi connectivity index (χ4n) is 2.61. The number of nitrogens with zero attached hydrogens (tertiary/aromatic N) is 1. The molecule has 28 heavy (non-hydrogen) atoms. The maximum absolute atomic E-state index is 12.4. The van der Waals surface area contributed by atoms with Gasteiger partial charge in [0.2, 0.25) is 0 Å². The van der Waals surface area contributed by atoms with Crippen molar-refractivity contribution in [3.8, 4) is 11.5 Å². The van der Waals surface area contributed by atoms with Crippen LogP contribution in [0, 0.1) is 0 Å². The van der Waals surface area contributed by atoms with E-state index >= 15 is 0 Å². The van der Waals surface area contributed by atoms with E-state index in [2.05, 4.69) is 0 Å². The molecule has 1 heterocycles. The molecule has 1 aliphatic rings. The molecule has 0 spiro atoms. The van der Waals surface area contributed by atoms with Crippen LogP contribution in [0.4, 0.5) is 0 Å². The zero-order valence-corrected chi connectivity index (χ0v) is 18.3. The van der Waals surface area contributed by atoms with Crippen LogP contribution in [0.3, 0.4) is 0 Å². The average Bonchev–Trinajstić information content (AvgIpc) is 2.95. The molecule has 0 unspecified atom stereocenters. The van der Waals surface area contributed by atoms with Crippen molar-refractivity contribution < 1.29 is 14.3 Å². The molecule has 146 valence electrons. The quantitative estimate of drug-likeness (QED) is 0.407. The summed E-state index contributed by atoms with van der Waals surface area (Å²) < 4.78 is 11.9. The number of carbonyl (C=O) groups is 1. The predicted octanol–water partition coefficient (Wildman–Crippen LogP) is 5.80. The van der Waals surface area contributed by atoms with Gasteiger partial charge in [-0.3, -0.25) is 9.69 Å². The van der Waals surface area contributed by atoms with Crippen LogP contribution < -0.4 is 9.47 Å². The van der Waals surface area contributed by atoms with Gasteiger partial charge in [0.15, 0.2) is 11.5 Å². The first kappa shape index (κ1) is 21.0. The number of methoxy groups -OCH3 is 1. The Labute approximate surface area is 183 Å². The van der Waals surface area contributed by atoms with Gasteiger partial charge in [0.05, 0.1) is 22.1 Å². The fraction of sp³-hybridized carbons (Fsp3) is 0.200. The lowest BCUT2D eigenvalue weighted by molar-refractivity contribution is -0.121. The van der Waals surface area contributed by atoms with E-state index in [4.69, 9.17) is 44.9 Å². The van der Waals surface area contributed by atoms with Gasteiger partial charge in [-0.2, -0.15) is 0 Å². The van der Waals surface area contributed by atoms with E-state index in [9.17, 15) is 4.79 Å². The number of carbonyl (C=O) groups excluding carboxylic acids is 1. The van der Waals surface area contributed by atoms with Crippen LogP contribution >= 0.6 is 47.2 Å². The van der Waals surface area contributed by atoms with Gasteiger partial charge in [0.1, 0.15) is 10.9 Å². The summed E-state index contributed by atoms with van der Waals surface area (Å²) in [5, 5.41) is 0.982. The summed E-state index contributed by atoms with van der Waals surface area (Å²) in [5.74, 6) is 1.09. The lowest BCUT2D eigenvalue weighted by atomic mass is 10.1. The third-order valence-electron chi connectivity index (χ3n) is 4.05. The largest absolute Gasteiger partial charge is 0.493 e. The molecule has 0 atom stereocenters. The molecule has 1 amide bonds. The maximum Gasteiger partial charge on any atom is 0.266 e. The van der Waals surface area contributed by atoms with E-state index in [0.717, 1.165) is 11.1 Å². The fourth-order valence-corrected chi connectivity index (χ4v) is 4.31. The van der Waals surface area contributed by atoms with E-state index in [1.54, 1.807) is 30.2 Å². The molecule has 2 aromatic carbocycles. The molecule has 1 fully saturated rings. The minimum Gasteiger partial charge on any atom is -0.493 e. The van der Waals surface area contributed by atoms with Crippen LogP contribution in [0.15, 0.2) is 41.3 Å². The number of amides is 1. The zero-order valence-electron chi connectivity index (χ0n) is 15.2. The minimum atomic E-state index is -0.0728. The van der Waals surface area contributed by atoms with Crippen molar-refractivity contribution in [2.24, 2.45) is 0 Å². The third-order valence-corrected chi connectivity index (χ3v) is 6.17. The van der Waals surface area contributed by atoms with E-state index in [1.165, 1.54) is 11.8 Å². The Bertz CT molecular complexity index is 962. The second kappa shape index (κ2) is 9.18. The van der Waals surface area contributed by atoms with Gasteiger partial charge in [-0.1, -0.05) is 59.3 Å². The summed E-state index contributed by atoms with van der Waals surface area (Å²) in [6.45, 7) is 2.78.